The quantitative estimate of drug-likeness (QED) is 0.905. The molecule has 0 fully saturated rings. The first-order valence-electron chi connectivity index (χ1n) is 4.81. The number of nitrogens with one attached hydrogen (secondary N) is 1. The third kappa shape index (κ3) is 2.93. The van der Waals surface area contributed by atoms with E-state index in [-0.39, 0.29) is 0 Å². The first-order chi connectivity index (χ1) is 7.74. The second-order valence-electron chi connectivity index (χ2n) is 3.33. The van der Waals surface area contributed by atoms with Gasteiger partial charge in [-0.2, -0.15) is 0 Å². The largest absolute Gasteiger partial charge is 0.382 e. The van der Waals surface area contributed by atoms with Crippen molar-refractivity contribution in [2.75, 3.05) is 11.1 Å². The molecule has 5 heteroatoms. The Morgan fingerprint density at radius 3 is 2.75 bits per heavy atom. The maximum atomic E-state index is 5.45. The van der Waals surface area contributed by atoms with Gasteiger partial charge in [-0.15, -0.1) is 10.2 Å². The Bertz CT molecular complexity index is 470. The number of anilines is 2. The number of aromatic nitrogens is 2. The van der Waals surface area contributed by atoms with E-state index in [0.29, 0.717) is 18.2 Å². The van der Waals surface area contributed by atoms with Crippen LogP contribution in [0.1, 0.15) is 5.56 Å². The molecule has 82 valence electrons. The van der Waals surface area contributed by atoms with Gasteiger partial charge in [-0.3, -0.25) is 0 Å². The van der Waals surface area contributed by atoms with Crippen molar-refractivity contribution in [1.82, 2.24) is 10.2 Å². The number of hydrogen-bond donors (Lipinski definition) is 2. The van der Waals surface area contributed by atoms with Crippen LogP contribution in [0.25, 0.3) is 0 Å². The van der Waals surface area contributed by atoms with Gasteiger partial charge in [0.1, 0.15) is 11.6 Å². The molecule has 0 unspecified atom stereocenters. The Labute approximate surface area is 102 Å². The molecule has 1 aromatic carbocycles. The number of halogens is 1. The summed E-state index contributed by atoms with van der Waals surface area (Å²) in [5.74, 6) is 1.14. The molecule has 2 aromatic rings. The van der Waals surface area contributed by atoms with E-state index in [1.54, 1.807) is 12.1 Å². The average Bonchev–Trinajstić information content (AvgIpc) is 2.28. The zero-order chi connectivity index (χ0) is 11.4. The van der Waals surface area contributed by atoms with Crippen LogP contribution in [0.3, 0.4) is 0 Å². The summed E-state index contributed by atoms with van der Waals surface area (Å²) in [7, 11) is 0. The molecule has 0 amide bonds. The molecule has 0 bridgehead atoms. The van der Waals surface area contributed by atoms with E-state index in [4.69, 9.17) is 5.73 Å². The van der Waals surface area contributed by atoms with Gasteiger partial charge < -0.3 is 11.1 Å². The molecule has 4 nitrogen and oxygen atoms in total. The van der Waals surface area contributed by atoms with Crippen molar-refractivity contribution in [3.63, 3.8) is 0 Å². The molecule has 3 N–H and O–H groups in total. The van der Waals surface area contributed by atoms with E-state index in [0.717, 1.165) is 4.47 Å². The molecule has 16 heavy (non-hydrogen) atoms. The molecule has 0 aliphatic heterocycles. The average molecular weight is 279 g/mol. The Morgan fingerprint density at radius 1 is 1.19 bits per heavy atom. The summed E-state index contributed by atoms with van der Waals surface area (Å²) < 4.78 is 1.06. The minimum absolute atomic E-state index is 0.424. The Balaban J connectivity index is 1.99. The van der Waals surface area contributed by atoms with Gasteiger partial charge in [0.2, 0.25) is 0 Å². The van der Waals surface area contributed by atoms with E-state index in [2.05, 4.69) is 37.5 Å². The molecular formula is C11H11BrN4. The third-order valence-electron chi connectivity index (χ3n) is 2.05. The van der Waals surface area contributed by atoms with E-state index in [9.17, 15) is 0 Å². The number of benzene rings is 1. The monoisotopic (exact) mass is 278 g/mol. The van der Waals surface area contributed by atoms with E-state index >= 15 is 0 Å². The predicted molar refractivity (Wildman–Crippen MR) is 67.9 cm³/mol. The molecule has 0 aliphatic rings. The lowest BCUT2D eigenvalue weighted by Crippen LogP contribution is -2.03. The molecule has 0 saturated carbocycles. The van der Waals surface area contributed by atoms with Gasteiger partial charge in [0.25, 0.3) is 0 Å². The maximum Gasteiger partial charge on any atom is 0.149 e. The molecule has 1 aromatic heterocycles. The summed E-state index contributed by atoms with van der Waals surface area (Å²) in [6, 6.07) is 11.6. The normalized spacial score (nSPS) is 10.1. The molecule has 1 heterocycles. The Hall–Kier alpha value is -1.62. The van der Waals surface area contributed by atoms with Crippen molar-refractivity contribution in [3.8, 4) is 0 Å². The molecule has 0 saturated heterocycles. The maximum absolute atomic E-state index is 5.45. The van der Waals surface area contributed by atoms with Crippen LogP contribution < -0.4 is 11.1 Å². The zero-order valence-electron chi connectivity index (χ0n) is 8.52. The Morgan fingerprint density at radius 2 is 2.06 bits per heavy atom. The van der Waals surface area contributed by atoms with Gasteiger partial charge in [-0.1, -0.05) is 28.1 Å². The van der Waals surface area contributed by atoms with Crippen LogP contribution in [-0.4, -0.2) is 10.2 Å². The number of rotatable bonds is 3. The topological polar surface area (TPSA) is 63.8 Å². The van der Waals surface area contributed by atoms with Gasteiger partial charge in [-0.05, 0) is 29.8 Å². The summed E-state index contributed by atoms with van der Waals surface area (Å²) in [5, 5.41) is 10.8. The minimum Gasteiger partial charge on any atom is -0.382 e. The highest BCUT2D eigenvalue weighted by Crippen LogP contribution is 2.12. The molecule has 0 radical (unpaired) electrons. The summed E-state index contributed by atoms with van der Waals surface area (Å²) in [5.41, 5.74) is 6.62. The molecule has 0 spiro atoms. The van der Waals surface area contributed by atoms with E-state index in [1.807, 2.05) is 18.2 Å². The number of nitrogens with zero attached hydrogens (tertiary/aromatic N) is 2. The lowest BCUT2D eigenvalue weighted by molar-refractivity contribution is 1.01. The number of hydrogen-bond acceptors (Lipinski definition) is 4. The molecule has 0 aliphatic carbocycles. The van der Waals surface area contributed by atoms with Gasteiger partial charge in [0.15, 0.2) is 0 Å². The van der Waals surface area contributed by atoms with Crippen LogP contribution in [0.4, 0.5) is 11.6 Å². The summed E-state index contributed by atoms with van der Waals surface area (Å²) in [6.07, 6.45) is 0. The van der Waals surface area contributed by atoms with Gasteiger partial charge in [0, 0.05) is 11.0 Å². The fourth-order valence-corrected chi connectivity index (χ4v) is 1.72. The molecule has 2 rings (SSSR count). The second-order valence-corrected chi connectivity index (χ2v) is 4.24. The van der Waals surface area contributed by atoms with Crippen molar-refractivity contribution < 1.29 is 0 Å². The van der Waals surface area contributed by atoms with E-state index < -0.39 is 0 Å². The van der Waals surface area contributed by atoms with Crippen molar-refractivity contribution >= 4 is 27.6 Å². The van der Waals surface area contributed by atoms with Crippen molar-refractivity contribution in [2.24, 2.45) is 0 Å². The van der Waals surface area contributed by atoms with Crippen molar-refractivity contribution in [3.05, 3.63) is 46.4 Å². The number of nitrogen functional groups attached to an aromatic ring is 1. The van der Waals surface area contributed by atoms with Gasteiger partial charge in [-0.25, -0.2) is 0 Å². The van der Waals surface area contributed by atoms with E-state index in [1.165, 1.54) is 5.56 Å². The fourth-order valence-electron chi connectivity index (χ4n) is 1.28. The summed E-state index contributed by atoms with van der Waals surface area (Å²) >= 11 is 3.43. The first kappa shape index (κ1) is 10.9. The lowest BCUT2D eigenvalue weighted by Gasteiger charge is -2.05. The SMILES string of the molecule is Nc1ccc(NCc2cccc(Br)c2)nn1. The van der Waals surface area contributed by atoms with Crippen LogP contribution in [0, 0.1) is 0 Å². The van der Waals surface area contributed by atoms with Crippen molar-refractivity contribution in [2.45, 2.75) is 6.54 Å². The number of nitrogens with two attached hydrogens (primary N) is 1. The smallest absolute Gasteiger partial charge is 0.149 e. The van der Waals surface area contributed by atoms with Crippen LogP contribution >= 0.6 is 15.9 Å². The zero-order valence-corrected chi connectivity index (χ0v) is 10.1. The second kappa shape index (κ2) is 4.94. The summed E-state index contributed by atoms with van der Waals surface area (Å²) in [6.45, 7) is 0.706. The minimum atomic E-state index is 0.424. The molecular weight excluding hydrogens is 268 g/mol. The highest BCUT2D eigenvalue weighted by molar-refractivity contribution is 9.10. The van der Waals surface area contributed by atoms with Crippen LogP contribution in [0.2, 0.25) is 0 Å². The van der Waals surface area contributed by atoms with Crippen LogP contribution in [0.5, 0.6) is 0 Å². The summed E-state index contributed by atoms with van der Waals surface area (Å²) in [4.78, 5) is 0. The Kier molecular flexibility index (Phi) is 3.36. The van der Waals surface area contributed by atoms with Crippen molar-refractivity contribution in [1.29, 1.82) is 0 Å². The van der Waals surface area contributed by atoms with Gasteiger partial charge >= 0.3 is 0 Å². The fraction of sp³-hybridized carbons (Fsp3) is 0.0909. The molecule has 0 atom stereocenters. The van der Waals surface area contributed by atoms with Crippen LogP contribution in [0.15, 0.2) is 40.9 Å². The standard InChI is InChI=1S/C11H11BrN4/c12-9-3-1-2-8(6-9)7-14-11-5-4-10(13)15-16-11/h1-6H,7H2,(H2,13,15)(H,14,16). The lowest BCUT2D eigenvalue weighted by atomic mass is 10.2. The highest BCUT2D eigenvalue weighted by atomic mass is 79.9. The third-order valence-corrected chi connectivity index (χ3v) is 2.54. The first-order valence-corrected chi connectivity index (χ1v) is 5.61. The van der Waals surface area contributed by atoms with Crippen LogP contribution in [-0.2, 0) is 6.54 Å². The highest BCUT2D eigenvalue weighted by Gasteiger charge is 1.96. The van der Waals surface area contributed by atoms with Gasteiger partial charge in [0.05, 0.1) is 0 Å². The predicted octanol–water partition coefficient (Wildman–Crippen LogP) is 2.43.